The normalized spacial score (nSPS) is 17.8. The second-order valence-corrected chi connectivity index (χ2v) is 7.98. The van der Waals surface area contributed by atoms with Crippen LogP contribution in [-0.4, -0.2) is 21.9 Å². The first-order chi connectivity index (χ1) is 15.2. The topological polar surface area (TPSA) is 82.7 Å². The van der Waals surface area contributed by atoms with E-state index >= 15 is 0 Å². The Hall–Kier alpha value is -3.22. The van der Waals surface area contributed by atoms with Gasteiger partial charge >= 0.3 is 6.18 Å². The third-order valence-corrected chi connectivity index (χ3v) is 5.78. The van der Waals surface area contributed by atoms with Crippen molar-refractivity contribution in [1.82, 2.24) is 9.78 Å². The number of nitrogens with zero attached hydrogens (tertiary/aromatic N) is 3. The zero-order chi connectivity index (χ0) is 23.0. The molecule has 0 saturated heterocycles. The molecule has 11 heteroatoms. The van der Waals surface area contributed by atoms with E-state index in [1.54, 1.807) is 6.07 Å². The van der Waals surface area contributed by atoms with Gasteiger partial charge in [-0.15, -0.1) is 0 Å². The molecule has 0 saturated carbocycles. The summed E-state index contributed by atoms with van der Waals surface area (Å²) >= 11 is 11.9. The molecule has 2 atom stereocenters. The van der Waals surface area contributed by atoms with Crippen molar-refractivity contribution in [2.75, 3.05) is 10.6 Å². The van der Waals surface area contributed by atoms with Gasteiger partial charge in [-0.2, -0.15) is 23.5 Å². The molecule has 3 aromatic rings. The smallest absolute Gasteiger partial charge is 0.363 e. The second kappa shape index (κ2) is 8.37. The Bertz CT molecular complexity index is 1220. The molecular formula is C21H14Cl2F3N5O. The number of hydrogen-bond donors (Lipinski definition) is 2. The summed E-state index contributed by atoms with van der Waals surface area (Å²) < 4.78 is 42.2. The lowest BCUT2D eigenvalue weighted by Crippen LogP contribution is -2.35. The van der Waals surface area contributed by atoms with Crippen LogP contribution in [-0.2, 0) is 0 Å². The average Bonchev–Trinajstić information content (AvgIpc) is 3.19. The molecule has 6 nitrogen and oxygen atoms in total. The molecule has 2 N–H and O–H groups in total. The van der Waals surface area contributed by atoms with Crippen molar-refractivity contribution in [2.45, 2.75) is 24.7 Å². The summed E-state index contributed by atoms with van der Waals surface area (Å²) in [6.07, 6.45) is -4.93. The van der Waals surface area contributed by atoms with Crippen molar-refractivity contribution < 1.29 is 18.0 Å². The van der Waals surface area contributed by atoms with E-state index in [9.17, 15) is 18.0 Å². The Balaban J connectivity index is 1.63. The van der Waals surface area contributed by atoms with Gasteiger partial charge < -0.3 is 10.6 Å². The van der Waals surface area contributed by atoms with Gasteiger partial charge in [-0.1, -0.05) is 29.3 Å². The molecule has 32 heavy (non-hydrogen) atoms. The molecule has 0 spiro atoms. The number of fused-ring (bicyclic) bond motifs is 1. The Morgan fingerprint density at radius 1 is 1.16 bits per heavy atom. The van der Waals surface area contributed by atoms with Crippen LogP contribution in [0.5, 0.6) is 0 Å². The molecule has 1 aromatic heterocycles. The van der Waals surface area contributed by atoms with Crippen LogP contribution in [0.1, 0.15) is 40.1 Å². The first kappa shape index (κ1) is 22.0. The van der Waals surface area contributed by atoms with Gasteiger partial charge in [0.25, 0.3) is 5.91 Å². The van der Waals surface area contributed by atoms with Crippen molar-refractivity contribution in [2.24, 2.45) is 0 Å². The van der Waals surface area contributed by atoms with Crippen molar-refractivity contribution in [3.63, 3.8) is 0 Å². The van der Waals surface area contributed by atoms with E-state index in [2.05, 4.69) is 15.7 Å². The highest BCUT2D eigenvalue weighted by molar-refractivity contribution is 6.42. The number of rotatable bonds is 3. The number of amides is 1. The van der Waals surface area contributed by atoms with E-state index in [1.165, 1.54) is 42.5 Å². The lowest BCUT2D eigenvalue weighted by Gasteiger charge is -2.33. The summed E-state index contributed by atoms with van der Waals surface area (Å²) in [6.45, 7) is 0. The van der Waals surface area contributed by atoms with Crippen LogP contribution in [0.25, 0.3) is 0 Å². The summed E-state index contributed by atoms with van der Waals surface area (Å²) in [5.74, 6) is -0.620. The van der Waals surface area contributed by atoms with Crippen LogP contribution in [0, 0.1) is 11.3 Å². The molecule has 0 radical (unpaired) electrons. The molecule has 4 rings (SSSR count). The van der Waals surface area contributed by atoms with E-state index < -0.39 is 24.2 Å². The highest BCUT2D eigenvalue weighted by Gasteiger charge is 2.46. The Morgan fingerprint density at radius 3 is 2.50 bits per heavy atom. The SMILES string of the molecule is N#Cc1ccc(NC(=O)c2cc3n(n2)C(C(F)(F)F)CC(c2ccc(Cl)c(Cl)c2)N3)cc1. The fourth-order valence-corrected chi connectivity index (χ4v) is 3.76. The summed E-state index contributed by atoms with van der Waals surface area (Å²) in [4.78, 5) is 12.6. The zero-order valence-corrected chi connectivity index (χ0v) is 17.6. The molecule has 0 bridgehead atoms. The van der Waals surface area contributed by atoms with Crippen molar-refractivity contribution in [3.05, 3.63) is 75.4 Å². The first-order valence-corrected chi connectivity index (χ1v) is 10.1. The molecule has 164 valence electrons. The minimum Gasteiger partial charge on any atom is -0.363 e. The summed E-state index contributed by atoms with van der Waals surface area (Å²) in [6, 6.07) is 11.3. The third-order valence-electron chi connectivity index (χ3n) is 5.04. The minimum atomic E-state index is -4.59. The van der Waals surface area contributed by atoms with Crippen LogP contribution in [0.15, 0.2) is 48.5 Å². The lowest BCUT2D eigenvalue weighted by atomic mass is 9.97. The number of alkyl halides is 3. The van der Waals surface area contributed by atoms with Crippen molar-refractivity contribution in [1.29, 1.82) is 5.26 Å². The molecule has 1 aliphatic heterocycles. The number of halogens is 5. The highest BCUT2D eigenvalue weighted by atomic mass is 35.5. The fraction of sp³-hybridized carbons (Fsp3) is 0.190. The minimum absolute atomic E-state index is 0.0552. The van der Waals surface area contributed by atoms with Gasteiger partial charge in [0.2, 0.25) is 0 Å². The van der Waals surface area contributed by atoms with E-state index in [0.717, 1.165) is 4.68 Å². The summed E-state index contributed by atoms with van der Waals surface area (Å²) in [7, 11) is 0. The van der Waals surface area contributed by atoms with Crippen LogP contribution < -0.4 is 10.6 Å². The largest absolute Gasteiger partial charge is 0.410 e. The van der Waals surface area contributed by atoms with Gasteiger partial charge in [-0.3, -0.25) is 4.79 Å². The molecular weight excluding hydrogens is 466 g/mol. The second-order valence-electron chi connectivity index (χ2n) is 7.17. The summed E-state index contributed by atoms with van der Waals surface area (Å²) in [5.41, 5.74) is 1.14. The number of benzene rings is 2. The first-order valence-electron chi connectivity index (χ1n) is 9.35. The maximum absolute atomic E-state index is 13.8. The van der Waals surface area contributed by atoms with Gasteiger partial charge in [0.05, 0.1) is 27.7 Å². The monoisotopic (exact) mass is 479 g/mol. The summed E-state index contributed by atoms with van der Waals surface area (Å²) in [5, 5.41) is 18.8. The van der Waals surface area contributed by atoms with Gasteiger partial charge in [0.15, 0.2) is 11.7 Å². The van der Waals surface area contributed by atoms with Crippen molar-refractivity contribution >= 4 is 40.6 Å². The average molecular weight is 480 g/mol. The lowest BCUT2D eigenvalue weighted by molar-refractivity contribution is -0.173. The van der Waals surface area contributed by atoms with Crippen molar-refractivity contribution in [3.8, 4) is 6.07 Å². The number of nitrogens with one attached hydrogen (secondary N) is 2. The Morgan fingerprint density at radius 2 is 1.88 bits per heavy atom. The number of nitriles is 1. The molecule has 1 aliphatic rings. The third kappa shape index (κ3) is 4.38. The van der Waals surface area contributed by atoms with Gasteiger partial charge in [-0.05, 0) is 42.0 Å². The molecule has 2 heterocycles. The van der Waals surface area contributed by atoms with Crippen LogP contribution in [0.3, 0.4) is 0 Å². The maximum atomic E-state index is 13.8. The highest BCUT2D eigenvalue weighted by Crippen LogP contribution is 2.44. The van der Waals surface area contributed by atoms with E-state index in [4.69, 9.17) is 28.5 Å². The standard InChI is InChI=1S/C21H14Cl2F3N5O/c22-14-6-3-12(7-15(14)23)16-8-18(21(24,25)26)31-19(29-16)9-17(30-31)20(32)28-13-4-1-11(10-27)2-5-13/h1-7,9,16,18,29H,8H2,(H,28,32). The zero-order valence-electron chi connectivity index (χ0n) is 16.1. The maximum Gasteiger partial charge on any atom is 0.410 e. The Kier molecular flexibility index (Phi) is 5.75. The molecule has 1 amide bonds. The molecule has 2 aromatic carbocycles. The van der Waals surface area contributed by atoms with E-state index in [0.29, 0.717) is 21.8 Å². The predicted octanol–water partition coefficient (Wildman–Crippen LogP) is 5.97. The van der Waals surface area contributed by atoms with Gasteiger partial charge in [0, 0.05) is 18.2 Å². The molecule has 0 aliphatic carbocycles. The van der Waals surface area contributed by atoms with E-state index in [-0.39, 0.29) is 23.0 Å². The van der Waals surface area contributed by atoms with Crippen LogP contribution in [0.2, 0.25) is 10.0 Å². The number of carbonyl (C=O) groups is 1. The van der Waals surface area contributed by atoms with Gasteiger partial charge in [0.1, 0.15) is 5.82 Å². The number of hydrogen-bond acceptors (Lipinski definition) is 4. The molecule has 0 fully saturated rings. The number of aromatic nitrogens is 2. The van der Waals surface area contributed by atoms with Gasteiger partial charge in [-0.25, -0.2) is 4.68 Å². The quantitative estimate of drug-likeness (QED) is 0.484. The molecule has 2 unspecified atom stereocenters. The van der Waals surface area contributed by atoms with Crippen LogP contribution in [0.4, 0.5) is 24.7 Å². The number of carbonyl (C=O) groups excluding carboxylic acids is 1. The number of anilines is 2. The van der Waals surface area contributed by atoms with Crippen LogP contribution >= 0.6 is 23.2 Å². The Labute approximate surface area is 190 Å². The predicted molar refractivity (Wildman–Crippen MR) is 114 cm³/mol. The van der Waals surface area contributed by atoms with E-state index in [1.807, 2.05) is 6.07 Å². The fourth-order valence-electron chi connectivity index (χ4n) is 3.46.